The summed E-state index contributed by atoms with van der Waals surface area (Å²) < 4.78 is 14.2. The van der Waals surface area contributed by atoms with E-state index < -0.39 is 0 Å². The highest BCUT2D eigenvalue weighted by atomic mass is 79.9. The van der Waals surface area contributed by atoms with Gasteiger partial charge in [0.15, 0.2) is 0 Å². The standard InChI is InChI=1S/C9H5BrClFS/c10-4-6-3-7-8(12)1-5(11)2-9(7)13-6/h1-3H,4H2. The fourth-order valence-electron chi connectivity index (χ4n) is 1.18. The van der Waals surface area contributed by atoms with Gasteiger partial charge in [-0.15, -0.1) is 11.3 Å². The molecule has 0 amide bonds. The van der Waals surface area contributed by atoms with Crippen molar-refractivity contribution in [2.75, 3.05) is 0 Å². The van der Waals surface area contributed by atoms with E-state index in [9.17, 15) is 4.39 Å². The van der Waals surface area contributed by atoms with Gasteiger partial charge in [-0.25, -0.2) is 4.39 Å². The highest BCUT2D eigenvalue weighted by molar-refractivity contribution is 9.08. The van der Waals surface area contributed by atoms with E-state index in [1.54, 1.807) is 17.4 Å². The molecule has 0 aliphatic carbocycles. The molecule has 2 aromatic rings. The Labute approximate surface area is 92.5 Å². The lowest BCUT2D eigenvalue weighted by molar-refractivity contribution is 0.640. The number of rotatable bonds is 1. The zero-order valence-electron chi connectivity index (χ0n) is 6.48. The van der Waals surface area contributed by atoms with Crippen LogP contribution in [0.4, 0.5) is 4.39 Å². The molecule has 0 spiro atoms. The average molecular weight is 280 g/mol. The molecule has 0 saturated heterocycles. The number of fused-ring (bicyclic) bond motifs is 1. The predicted molar refractivity (Wildman–Crippen MR) is 59.4 cm³/mol. The summed E-state index contributed by atoms with van der Waals surface area (Å²) in [6.07, 6.45) is 0. The van der Waals surface area contributed by atoms with E-state index in [1.165, 1.54) is 6.07 Å². The summed E-state index contributed by atoms with van der Waals surface area (Å²) >= 11 is 10.6. The Balaban J connectivity index is 2.75. The van der Waals surface area contributed by atoms with Crippen molar-refractivity contribution in [2.45, 2.75) is 5.33 Å². The van der Waals surface area contributed by atoms with Crippen molar-refractivity contribution in [3.63, 3.8) is 0 Å². The van der Waals surface area contributed by atoms with Gasteiger partial charge in [0.05, 0.1) is 0 Å². The Hall–Kier alpha value is -0.120. The van der Waals surface area contributed by atoms with E-state index in [4.69, 9.17) is 11.6 Å². The molecule has 13 heavy (non-hydrogen) atoms. The maximum Gasteiger partial charge on any atom is 0.133 e. The van der Waals surface area contributed by atoms with Gasteiger partial charge in [-0.3, -0.25) is 0 Å². The SMILES string of the molecule is Fc1cc(Cl)cc2sc(CBr)cc12. The van der Waals surface area contributed by atoms with E-state index in [2.05, 4.69) is 15.9 Å². The van der Waals surface area contributed by atoms with Crippen LogP contribution in [0.25, 0.3) is 10.1 Å². The maximum absolute atomic E-state index is 13.3. The van der Waals surface area contributed by atoms with E-state index in [1.807, 2.05) is 6.07 Å². The summed E-state index contributed by atoms with van der Waals surface area (Å²) in [5, 5.41) is 1.86. The molecule has 0 radical (unpaired) electrons. The molecule has 4 heteroatoms. The summed E-state index contributed by atoms with van der Waals surface area (Å²) in [5.74, 6) is -0.244. The lowest BCUT2D eigenvalue weighted by Gasteiger charge is -1.92. The summed E-state index contributed by atoms with van der Waals surface area (Å²) in [6.45, 7) is 0. The monoisotopic (exact) mass is 278 g/mol. The van der Waals surface area contributed by atoms with Gasteiger partial charge in [-0.1, -0.05) is 27.5 Å². The topological polar surface area (TPSA) is 0 Å². The number of hydrogen-bond donors (Lipinski definition) is 0. The molecule has 68 valence electrons. The van der Waals surface area contributed by atoms with Crippen LogP contribution in [0.5, 0.6) is 0 Å². The number of benzene rings is 1. The van der Waals surface area contributed by atoms with Gasteiger partial charge >= 0.3 is 0 Å². The summed E-state index contributed by atoms with van der Waals surface area (Å²) in [5.41, 5.74) is 0. The van der Waals surface area contributed by atoms with Crippen LogP contribution >= 0.6 is 38.9 Å². The molecule has 0 nitrogen and oxygen atoms in total. The first kappa shape index (κ1) is 9.44. The van der Waals surface area contributed by atoms with Crippen LogP contribution in [0.1, 0.15) is 4.88 Å². The molecule has 2 rings (SSSR count). The molecule has 0 bridgehead atoms. The van der Waals surface area contributed by atoms with Crippen LogP contribution in [0.2, 0.25) is 5.02 Å². The van der Waals surface area contributed by atoms with Gasteiger partial charge in [0.1, 0.15) is 5.82 Å². The molecule has 0 aliphatic rings. The molecule has 1 heterocycles. The molecule has 0 N–H and O–H groups in total. The molecule has 1 aromatic carbocycles. The number of hydrogen-bond acceptors (Lipinski definition) is 1. The zero-order valence-corrected chi connectivity index (χ0v) is 9.64. The van der Waals surface area contributed by atoms with Crippen molar-refractivity contribution in [1.82, 2.24) is 0 Å². The zero-order chi connectivity index (χ0) is 9.42. The minimum absolute atomic E-state index is 0.244. The first-order valence-electron chi connectivity index (χ1n) is 3.64. The van der Waals surface area contributed by atoms with Gasteiger partial charge in [-0.2, -0.15) is 0 Å². The highest BCUT2D eigenvalue weighted by Gasteiger charge is 2.06. The third kappa shape index (κ3) is 1.73. The number of alkyl halides is 1. The second kappa shape index (κ2) is 3.56. The first-order chi connectivity index (χ1) is 6.20. The van der Waals surface area contributed by atoms with E-state index >= 15 is 0 Å². The van der Waals surface area contributed by atoms with Gasteiger partial charge in [0.25, 0.3) is 0 Å². The van der Waals surface area contributed by atoms with Crippen molar-refractivity contribution in [1.29, 1.82) is 0 Å². The first-order valence-corrected chi connectivity index (χ1v) is 5.96. The minimum Gasteiger partial charge on any atom is -0.206 e. The Kier molecular flexibility index (Phi) is 2.58. The molecule has 0 unspecified atom stereocenters. The maximum atomic E-state index is 13.3. The van der Waals surface area contributed by atoms with E-state index in [0.717, 1.165) is 14.9 Å². The second-order valence-corrected chi connectivity index (χ2v) is 4.81. The van der Waals surface area contributed by atoms with Crippen LogP contribution in [0.3, 0.4) is 0 Å². The smallest absolute Gasteiger partial charge is 0.133 e. The van der Waals surface area contributed by atoms with Crippen molar-refractivity contribution < 1.29 is 4.39 Å². The van der Waals surface area contributed by atoms with Gasteiger partial charge in [0.2, 0.25) is 0 Å². The summed E-state index contributed by atoms with van der Waals surface area (Å²) in [6, 6.07) is 4.98. The molecule has 0 aliphatic heterocycles. The lowest BCUT2D eigenvalue weighted by atomic mass is 10.2. The third-order valence-corrected chi connectivity index (χ3v) is 4.01. The van der Waals surface area contributed by atoms with Gasteiger partial charge in [-0.05, 0) is 18.2 Å². The van der Waals surface area contributed by atoms with Crippen molar-refractivity contribution in [2.24, 2.45) is 0 Å². The molecule has 0 saturated carbocycles. The van der Waals surface area contributed by atoms with Crippen molar-refractivity contribution >= 4 is 49.0 Å². The highest BCUT2D eigenvalue weighted by Crippen LogP contribution is 2.31. The van der Waals surface area contributed by atoms with Gasteiger partial charge < -0.3 is 0 Å². The van der Waals surface area contributed by atoms with Crippen LogP contribution in [-0.4, -0.2) is 0 Å². The number of thiophene rings is 1. The fraction of sp³-hybridized carbons (Fsp3) is 0.111. The summed E-state index contributed by atoms with van der Waals surface area (Å²) in [7, 11) is 0. The molecule has 0 atom stereocenters. The van der Waals surface area contributed by atoms with Crippen LogP contribution in [-0.2, 0) is 5.33 Å². The molecule has 1 aromatic heterocycles. The molecular weight excluding hydrogens is 275 g/mol. The van der Waals surface area contributed by atoms with Crippen LogP contribution in [0, 0.1) is 5.82 Å². The fourth-order valence-corrected chi connectivity index (χ4v) is 2.92. The quantitative estimate of drug-likeness (QED) is 0.670. The van der Waals surface area contributed by atoms with Crippen LogP contribution < -0.4 is 0 Å². The minimum atomic E-state index is -0.244. The predicted octanol–water partition coefficient (Wildman–Crippen LogP) is 4.59. The average Bonchev–Trinajstić information content (AvgIpc) is 2.47. The second-order valence-electron chi connectivity index (χ2n) is 2.65. The Morgan fingerprint density at radius 3 is 2.85 bits per heavy atom. The Bertz CT molecular complexity index is 452. The summed E-state index contributed by atoms with van der Waals surface area (Å²) in [4.78, 5) is 1.11. The lowest BCUT2D eigenvalue weighted by Crippen LogP contribution is -1.73. The Morgan fingerprint density at radius 2 is 2.15 bits per heavy atom. The Morgan fingerprint density at radius 1 is 1.38 bits per heavy atom. The molecule has 0 fully saturated rings. The normalized spacial score (nSPS) is 11.0. The van der Waals surface area contributed by atoms with Crippen molar-refractivity contribution in [3.05, 3.63) is 33.9 Å². The van der Waals surface area contributed by atoms with E-state index in [-0.39, 0.29) is 5.82 Å². The third-order valence-electron chi connectivity index (χ3n) is 1.73. The molecular formula is C9H5BrClFS. The number of halogens is 3. The van der Waals surface area contributed by atoms with E-state index in [0.29, 0.717) is 10.4 Å². The largest absolute Gasteiger partial charge is 0.206 e. The van der Waals surface area contributed by atoms with Crippen molar-refractivity contribution in [3.8, 4) is 0 Å². The van der Waals surface area contributed by atoms with Crippen LogP contribution in [0.15, 0.2) is 18.2 Å². The van der Waals surface area contributed by atoms with Gasteiger partial charge in [0, 0.05) is 25.3 Å².